The Kier molecular flexibility index (Phi) is 3.67. The van der Waals surface area contributed by atoms with Crippen molar-refractivity contribution in [3.05, 3.63) is 0 Å². The zero-order chi connectivity index (χ0) is 10.8. The smallest absolute Gasteiger partial charge is 0.152 e. The van der Waals surface area contributed by atoms with Gasteiger partial charge in [0.25, 0.3) is 0 Å². The molecular weight excluding hydrogens is 178 g/mol. The highest BCUT2D eigenvalue weighted by Gasteiger charge is 2.27. The van der Waals surface area contributed by atoms with Crippen LogP contribution in [0.3, 0.4) is 0 Å². The zero-order valence-electron chi connectivity index (χ0n) is 9.42. The quantitative estimate of drug-likeness (QED) is 0.734. The number of nitrogens with zero attached hydrogens (tertiary/aromatic N) is 1. The Morgan fingerprint density at radius 1 is 1.50 bits per heavy atom. The number of ketones is 1. The fourth-order valence-corrected chi connectivity index (χ4v) is 1.65. The van der Waals surface area contributed by atoms with Crippen LogP contribution in [0.1, 0.15) is 27.2 Å². The Hall–Kier alpha value is -0.410. The van der Waals surface area contributed by atoms with Crippen LogP contribution in [0, 0.1) is 11.3 Å². The second kappa shape index (κ2) is 4.41. The maximum atomic E-state index is 11.7. The lowest BCUT2D eigenvalue weighted by atomic mass is 9.90. The standard InChI is InChI=1S/C11H21NO2/c1-11(2,3)10(14)7-12-5-4-9(6-12)8-13/h9,13H,4-8H2,1-3H3. The molecular formula is C11H21NO2. The summed E-state index contributed by atoms with van der Waals surface area (Å²) in [5.41, 5.74) is -0.239. The van der Waals surface area contributed by atoms with E-state index in [1.54, 1.807) is 0 Å². The van der Waals surface area contributed by atoms with Crippen molar-refractivity contribution in [2.75, 3.05) is 26.2 Å². The van der Waals surface area contributed by atoms with E-state index < -0.39 is 0 Å². The second-order valence-corrected chi connectivity index (χ2v) is 5.25. The molecule has 0 radical (unpaired) electrons. The minimum atomic E-state index is -0.239. The number of carbonyl (C=O) groups excluding carboxylic acids is 1. The highest BCUT2D eigenvalue weighted by Crippen LogP contribution is 2.19. The summed E-state index contributed by atoms with van der Waals surface area (Å²) in [5.74, 6) is 0.666. The van der Waals surface area contributed by atoms with Gasteiger partial charge in [-0.2, -0.15) is 0 Å². The molecule has 1 N–H and O–H groups in total. The van der Waals surface area contributed by atoms with Crippen LogP contribution in [0.5, 0.6) is 0 Å². The summed E-state index contributed by atoms with van der Waals surface area (Å²) in [7, 11) is 0. The topological polar surface area (TPSA) is 40.5 Å². The maximum absolute atomic E-state index is 11.7. The van der Waals surface area contributed by atoms with Crippen LogP contribution in [-0.2, 0) is 4.79 Å². The molecule has 1 rings (SSSR count). The van der Waals surface area contributed by atoms with Crippen LogP contribution >= 0.6 is 0 Å². The molecule has 0 saturated carbocycles. The molecule has 0 aromatic rings. The molecule has 1 atom stereocenters. The van der Waals surface area contributed by atoms with Gasteiger partial charge in [-0.1, -0.05) is 20.8 Å². The first kappa shape index (κ1) is 11.7. The van der Waals surface area contributed by atoms with Crippen LogP contribution < -0.4 is 0 Å². The lowest BCUT2D eigenvalue weighted by Gasteiger charge is -2.21. The Bertz CT molecular complexity index is 208. The molecule has 1 saturated heterocycles. The van der Waals surface area contributed by atoms with Crippen molar-refractivity contribution in [3.8, 4) is 0 Å². The Labute approximate surface area is 86.1 Å². The molecule has 0 aromatic carbocycles. The van der Waals surface area contributed by atoms with Crippen LogP contribution in [-0.4, -0.2) is 42.0 Å². The van der Waals surface area contributed by atoms with E-state index in [2.05, 4.69) is 4.90 Å². The Morgan fingerprint density at radius 3 is 2.57 bits per heavy atom. The number of aliphatic hydroxyl groups is 1. The highest BCUT2D eigenvalue weighted by molar-refractivity contribution is 5.85. The number of hydrogen-bond acceptors (Lipinski definition) is 3. The van der Waals surface area contributed by atoms with Crippen LogP contribution in [0.4, 0.5) is 0 Å². The van der Waals surface area contributed by atoms with E-state index in [1.165, 1.54) is 0 Å². The van der Waals surface area contributed by atoms with Gasteiger partial charge in [0.15, 0.2) is 5.78 Å². The van der Waals surface area contributed by atoms with Gasteiger partial charge in [0, 0.05) is 18.6 Å². The number of Topliss-reactive ketones (excluding diaryl/α,β-unsaturated/α-hetero) is 1. The van der Waals surface area contributed by atoms with Crippen LogP contribution in [0.15, 0.2) is 0 Å². The molecule has 1 heterocycles. The van der Waals surface area contributed by atoms with Gasteiger partial charge in [-0.3, -0.25) is 9.69 Å². The van der Waals surface area contributed by atoms with Crippen molar-refractivity contribution in [1.82, 2.24) is 4.90 Å². The molecule has 3 heteroatoms. The summed E-state index contributed by atoms with van der Waals surface area (Å²) in [6.07, 6.45) is 1.02. The van der Waals surface area contributed by atoms with Gasteiger partial charge >= 0.3 is 0 Å². The minimum Gasteiger partial charge on any atom is -0.396 e. The molecule has 0 amide bonds. The van der Waals surface area contributed by atoms with Crippen molar-refractivity contribution in [2.24, 2.45) is 11.3 Å². The number of carbonyl (C=O) groups is 1. The monoisotopic (exact) mass is 199 g/mol. The van der Waals surface area contributed by atoms with Gasteiger partial charge in [-0.15, -0.1) is 0 Å². The van der Waals surface area contributed by atoms with Crippen molar-refractivity contribution in [2.45, 2.75) is 27.2 Å². The summed E-state index contributed by atoms with van der Waals surface area (Å²) in [6.45, 7) is 8.48. The molecule has 82 valence electrons. The normalized spacial score (nSPS) is 24.1. The van der Waals surface area contributed by atoms with E-state index in [0.29, 0.717) is 12.5 Å². The summed E-state index contributed by atoms with van der Waals surface area (Å²) in [6, 6.07) is 0. The van der Waals surface area contributed by atoms with E-state index in [4.69, 9.17) is 5.11 Å². The minimum absolute atomic E-state index is 0.239. The van der Waals surface area contributed by atoms with Gasteiger partial charge < -0.3 is 5.11 Å². The SMILES string of the molecule is CC(C)(C)C(=O)CN1CCC(CO)C1. The molecule has 0 aliphatic carbocycles. The van der Waals surface area contributed by atoms with Crippen LogP contribution in [0.2, 0.25) is 0 Å². The van der Waals surface area contributed by atoms with Gasteiger partial charge in [-0.05, 0) is 18.9 Å². The van der Waals surface area contributed by atoms with Crippen molar-refractivity contribution < 1.29 is 9.90 Å². The predicted octanol–water partition coefficient (Wildman–Crippen LogP) is 0.916. The van der Waals surface area contributed by atoms with Gasteiger partial charge in [0.2, 0.25) is 0 Å². The maximum Gasteiger partial charge on any atom is 0.152 e. The molecule has 0 aromatic heterocycles. The van der Waals surface area contributed by atoms with E-state index >= 15 is 0 Å². The molecule has 1 aliphatic rings. The lowest BCUT2D eigenvalue weighted by molar-refractivity contribution is -0.127. The average molecular weight is 199 g/mol. The number of rotatable bonds is 3. The molecule has 1 aliphatic heterocycles. The first-order chi connectivity index (χ1) is 6.43. The van der Waals surface area contributed by atoms with Crippen molar-refractivity contribution in [3.63, 3.8) is 0 Å². The molecule has 0 spiro atoms. The fraction of sp³-hybridized carbons (Fsp3) is 0.909. The number of aliphatic hydroxyl groups excluding tert-OH is 1. The molecule has 14 heavy (non-hydrogen) atoms. The van der Waals surface area contributed by atoms with Gasteiger partial charge in [0.1, 0.15) is 0 Å². The first-order valence-corrected chi connectivity index (χ1v) is 5.30. The van der Waals surface area contributed by atoms with E-state index in [1.807, 2.05) is 20.8 Å². The van der Waals surface area contributed by atoms with E-state index in [-0.39, 0.29) is 17.8 Å². The summed E-state index contributed by atoms with van der Waals surface area (Å²) >= 11 is 0. The van der Waals surface area contributed by atoms with E-state index in [0.717, 1.165) is 19.5 Å². The van der Waals surface area contributed by atoms with E-state index in [9.17, 15) is 4.79 Å². The number of hydrogen-bond donors (Lipinski definition) is 1. The molecule has 0 bridgehead atoms. The van der Waals surface area contributed by atoms with Crippen molar-refractivity contribution >= 4 is 5.78 Å². The second-order valence-electron chi connectivity index (χ2n) is 5.25. The highest BCUT2D eigenvalue weighted by atomic mass is 16.3. The van der Waals surface area contributed by atoms with Crippen LogP contribution in [0.25, 0.3) is 0 Å². The number of likely N-dealkylation sites (tertiary alicyclic amines) is 1. The first-order valence-electron chi connectivity index (χ1n) is 5.30. The molecule has 1 fully saturated rings. The third-order valence-electron chi connectivity index (χ3n) is 2.83. The fourth-order valence-electron chi connectivity index (χ4n) is 1.65. The van der Waals surface area contributed by atoms with Gasteiger partial charge in [-0.25, -0.2) is 0 Å². The molecule has 3 nitrogen and oxygen atoms in total. The third kappa shape index (κ3) is 3.07. The summed E-state index contributed by atoms with van der Waals surface area (Å²) in [4.78, 5) is 13.9. The summed E-state index contributed by atoms with van der Waals surface area (Å²) in [5, 5.41) is 8.97. The largest absolute Gasteiger partial charge is 0.396 e. The Balaban J connectivity index is 2.36. The summed E-state index contributed by atoms with van der Waals surface area (Å²) < 4.78 is 0. The average Bonchev–Trinajstić information content (AvgIpc) is 2.50. The predicted molar refractivity (Wildman–Crippen MR) is 56.1 cm³/mol. The van der Waals surface area contributed by atoms with Crippen molar-refractivity contribution in [1.29, 1.82) is 0 Å². The lowest BCUT2D eigenvalue weighted by Crippen LogP contribution is -2.34. The Morgan fingerprint density at radius 2 is 2.14 bits per heavy atom. The van der Waals surface area contributed by atoms with Gasteiger partial charge in [0.05, 0.1) is 6.54 Å². The zero-order valence-corrected chi connectivity index (χ0v) is 9.42. The molecule has 1 unspecified atom stereocenters. The third-order valence-corrected chi connectivity index (χ3v) is 2.83.